The first-order valence-corrected chi connectivity index (χ1v) is 10.4. The second-order valence-corrected chi connectivity index (χ2v) is 8.83. The van der Waals surface area contributed by atoms with Gasteiger partial charge in [-0.25, -0.2) is 10.5 Å². The number of piperidine rings is 1. The molecule has 0 unspecified atom stereocenters. The van der Waals surface area contributed by atoms with E-state index in [1.54, 1.807) is 17.4 Å². The van der Waals surface area contributed by atoms with Crippen molar-refractivity contribution in [2.24, 2.45) is 11.3 Å². The zero-order chi connectivity index (χ0) is 22.4. The maximum Gasteiger partial charge on any atom is 0.419 e. The fourth-order valence-corrected chi connectivity index (χ4v) is 4.99. The van der Waals surface area contributed by atoms with Crippen LogP contribution in [0.1, 0.15) is 24.8 Å². The predicted molar refractivity (Wildman–Crippen MR) is 104 cm³/mol. The van der Waals surface area contributed by atoms with Crippen LogP contribution >= 0.6 is 0 Å². The summed E-state index contributed by atoms with van der Waals surface area (Å²) in [7, 11) is 1.80. The summed E-state index contributed by atoms with van der Waals surface area (Å²) in [5.41, 5.74) is 0.939. The number of nitrogens with zero attached hydrogens (tertiary/aromatic N) is 4. The average molecular weight is 441 g/mol. The highest BCUT2D eigenvalue weighted by molar-refractivity contribution is 5.90. The number of likely N-dealkylation sites (tertiary alicyclic amines) is 1. The standard InChI is InChI=1S/C20H26F3N5O3/c1-26-12-19(4-5-19)11-13(17(29)25-31)15(26)18(30)28-9-7-27(8-10-28)16-14(20(21,22)23)3-2-6-24-16/h2-3,6,13,15,31H,4-5,7-12H2,1H3,(H,25,29)/t13-,15-/m0/s1. The molecular formula is C20H26F3N5O3. The molecule has 0 bridgehead atoms. The van der Waals surface area contributed by atoms with Crippen LogP contribution in [-0.2, 0) is 15.8 Å². The van der Waals surface area contributed by atoms with Crippen molar-refractivity contribution in [1.82, 2.24) is 20.3 Å². The first-order valence-electron chi connectivity index (χ1n) is 10.4. The third kappa shape index (κ3) is 4.20. The van der Waals surface area contributed by atoms with Gasteiger partial charge in [-0.15, -0.1) is 0 Å². The summed E-state index contributed by atoms with van der Waals surface area (Å²) in [6.07, 6.45) is -0.644. The number of carbonyl (C=O) groups is 2. The van der Waals surface area contributed by atoms with E-state index < -0.39 is 29.6 Å². The maximum absolute atomic E-state index is 13.3. The molecule has 1 aromatic heterocycles. The number of hydroxylamine groups is 1. The van der Waals surface area contributed by atoms with Crippen LogP contribution in [0.4, 0.5) is 19.0 Å². The lowest BCUT2D eigenvalue weighted by atomic mass is 9.80. The Morgan fingerprint density at radius 1 is 1.23 bits per heavy atom. The number of rotatable bonds is 3. The minimum Gasteiger partial charge on any atom is -0.353 e. The minimum atomic E-state index is -4.51. The lowest BCUT2D eigenvalue weighted by molar-refractivity contribution is -0.150. The van der Waals surface area contributed by atoms with Gasteiger partial charge in [0.25, 0.3) is 0 Å². The van der Waals surface area contributed by atoms with Gasteiger partial charge in [0.1, 0.15) is 11.9 Å². The van der Waals surface area contributed by atoms with Crippen LogP contribution in [0.25, 0.3) is 0 Å². The quantitative estimate of drug-likeness (QED) is 0.544. The molecule has 2 atom stereocenters. The molecule has 3 aliphatic rings. The number of pyridine rings is 1. The Morgan fingerprint density at radius 2 is 1.90 bits per heavy atom. The fraction of sp³-hybridized carbons (Fsp3) is 0.650. The molecule has 0 aromatic carbocycles. The van der Waals surface area contributed by atoms with E-state index in [0.717, 1.165) is 18.9 Å². The second kappa shape index (κ2) is 7.94. The van der Waals surface area contributed by atoms with Crippen LogP contribution in [0.2, 0.25) is 0 Å². The van der Waals surface area contributed by atoms with Crippen molar-refractivity contribution in [2.75, 3.05) is 44.7 Å². The van der Waals surface area contributed by atoms with Crippen molar-refractivity contribution >= 4 is 17.6 Å². The van der Waals surface area contributed by atoms with Gasteiger partial charge in [-0.3, -0.25) is 19.7 Å². The average Bonchev–Trinajstić information content (AvgIpc) is 3.50. The van der Waals surface area contributed by atoms with Crippen molar-refractivity contribution < 1.29 is 28.0 Å². The van der Waals surface area contributed by atoms with Crippen molar-refractivity contribution in [3.63, 3.8) is 0 Å². The zero-order valence-corrected chi connectivity index (χ0v) is 17.2. The van der Waals surface area contributed by atoms with Crippen LogP contribution in [-0.4, -0.2) is 77.6 Å². The van der Waals surface area contributed by atoms with E-state index in [0.29, 0.717) is 13.0 Å². The third-order valence-corrected chi connectivity index (χ3v) is 6.73. The third-order valence-electron chi connectivity index (χ3n) is 6.73. The van der Waals surface area contributed by atoms with Crippen LogP contribution in [0.15, 0.2) is 18.3 Å². The molecular weight excluding hydrogens is 415 g/mol. The Labute approximate surface area is 178 Å². The van der Waals surface area contributed by atoms with Crippen molar-refractivity contribution in [2.45, 2.75) is 31.5 Å². The Kier molecular flexibility index (Phi) is 5.59. The molecule has 3 fully saturated rings. The highest BCUT2D eigenvalue weighted by Crippen LogP contribution is 2.54. The lowest BCUT2D eigenvalue weighted by Gasteiger charge is -2.45. The first-order chi connectivity index (χ1) is 14.6. The molecule has 2 N–H and O–H groups in total. The summed E-state index contributed by atoms with van der Waals surface area (Å²) in [6, 6.07) is 1.55. The molecule has 2 aliphatic heterocycles. The highest BCUT2D eigenvalue weighted by atomic mass is 19.4. The fourth-order valence-electron chi connectivity index (χ4n) is 4.99. The molecule has 2 amide bonds. The summed E-state index contributed by atoms with van der Waals surface area (Å²) in [4.78, 5) is 34.5. The van der Waals surface area contributed by atoms with E-state index in [9.17, 15) is 28.0 Å². The van der Waals surface area contributed by atoms with Crippen LogP contribution < -0.4 is 10.4 Å². The number of halogens is 3. The smallest absolute Gasteiger partial charge is 0.353 e. The zero-order valence-electron chi connectivity index (χ0n) is 17.2. The van der Waals surface area contributed by atoms with E-state index in [1.807, 2.05) is 4.90 Å². The Bertz CT molecular complexity index is 853. The van der Waals surface area contributed by atoms with Crippen molar-refractivity contribution in [3.8, 4) is 0 Å². The molecule has 4 rings (SSSR count). The summed E-state index contributed by atoms with van der Waals surface area (Å²) < 4.78 is 40.0. The Hall–Kier alpha value is -2.40. The Morgan fingerprint density at radius 3 is 2.48 bits per heavy atom. The number of nitrogens with one attached hydrogen (secondary N) is 1. The minimum absolute atomic E-state index is 0.0361. The summed E-state index contributed by atoms with van der Waals surface area (Å²) in [5.74, 6) is -1.60. The normalized spacial score (nSPS) is 26.1. The monoisotopic (exact) mass is 441 g/mol. The maximum atomic E-state index is 13.3. The number of likely N-dealkylation sites (N-methyl/N-ethyl adjacent to an activating group) is 1. The van der Waals surface area contributed by atoms with Crippen molar-refractivity contribution in [1.29, 1.82) is 0 Å². The number of anilines is 1. The number of carbonyl (C=O) groups excluding carboxylic acids is 2. The Balaban J connectivity index is 1.46. The molecule has 1 saturated carbocycles. The van der Waals surface area contributed by atoms with Crippen LogP contribution in [0, 0.1) is 11.3 Å². The second-order valence-electron chi connectivity index (χ2n) is 8.83. The van der Waals surface area contributed by atoms with Gasteiger partial charge in [0.2, 0.25) is 11.8 Å². The van der Waals surface area contributed by atoms with E-state index in [4.69, 9.17) is 0 Å². The number of alkyl halides is 3. The van der Waals surface area contributed by atoms with E-state index in [1.165, 1.54) is 17.2 Å². The molecule has 170 valence electrons. The molecule has 1 spiro atoms. The molecule has 2 saturated heterocycles. The van der Waals surface area contributed by atoms with E-state index in [2.05, 4.69) is 4.98 Å². The van der Waals surface area contributed by atoms with Gasteiger partial charge < -0.3 is 9.80 Å². The molecule has 1 aliphatic carbocycles. The van der Waals surface area contributed by atoms with Gasteiger partial charge in [-0.05, 0) is 43.9 Å². The number of hydrogen-bond donors (Lipinski definition) is 2. The van der Waals surface area contributed by atoms with Gasteiger partial charge in [0, 0.05) is 38.9 Å². The largest absolute Gasteiger partial charge is 0.419 e. The summed E-state index contributed by atoms with van der Waals surface area (Å²) >= 11 is 0. The van der Waals surface area contributed by atoms with Crippen LogP contribution in [0.5, 0.6) is 0 Å². The first kappa shape index (κ1) is 21.8. The highest BCUT2D eigenvalue weighted by Gasteiger charge is 2.55. The molecule has 1 aromatic rings. The summed E-state index contributed by atoms with van der Waals surface area (Å²) in [6.45, 7) is 1.60. The predicted octanol–water partition coefficient (Wildman–Crippen LogP) is 1.35. The molecule has 11 heteroatoms. The number of piperazine rings is 1. The molecule has 0 radical (unpaired) electrons. The van der Waals surface area contributed by atoms with E-state index >= 15 is 0 Å². The molecule has 3 heterocycles. The SMILES string of the molecule is CN1CC2(CC2)C[C@H](C(=O)NO)[C@H]1C(=O)N1CCN(c2ncccc2C(F)(F)F)CC1. The van der Waals surface area contributed by atoms with Gasteiger partial charge in [-0.2, -0.15) is 13.2 Å². The molecule has 8 nitrogen and oxygen atoms in total. The lowest BCUT2D eigenvalue weighted by Crippen LogP contribution is -2.61. The van der Waals surface area contributed by atoms with Gasteiger partial charge in [-0.1, -0.05) is 0 Å². The van der Waals surface area contributed by atoms with Gasteiger partial charge in [0.05, 0.1) is 11.5 Å². The van der Waals surface area contributed by atoms with E-state index in [-0.39, 0.29) is 43.3 Å². The molecule has 31 heavy (non-hydrogen) atoms. The topological polar surface area (TPSA) is 89.0 Å². The summed E-state index contributed by atoms with van der Waals surface area (Å²) in [5, 5.41) is 9.18. The number of aromatic nitrogens is 1. The number of amides is 2. The van der Waals surface area contributed by atoms with Crippen LogP contribution in [0.3, 0.4) is 0 Å². The van der Waals surface area contributed by atoms with Crippen molar-refractivity contribution in [3.05, 3.63) is 23.9 Å². The van der Waals surface area contributed by atoms with Gasteiger partial charge >= 0.3 is 6.18 Å². The number of hydrogen-bond acceptors (Lipinski definition) is 6. The van der Waals surface area contributed by atoms with Gasteiger partial charge in [0.15, 0.2) is 0 Å².